The molecule has 0 atom stereocenters. The van der Waals surface area contributed by atoms with Crippen LogP contribution in [0.3, 0.4) is 0 Å². The number of nitrogens with zero attached hydrogens (tertiary/aromatic N) is 4. The van der Waals surface area contributed by atoms with Crippen LogP contribution in [-0.2, 0) is 0 Å². The lowest BCUT2D eigenvalue weighted by atomic mass is 10.1. The molecule has 1 aliphatic rings. The molecule has 0 radical (unpaired) electrons. The lowest BCUT2D eigenvalue weighted by molar-refractivity contribution is 0.0746. The Bertz CT molecular complexity index is 1620. The number of anilines is 2. The first-order chi connectivity index (χ1) is 17.1. The topological polar surface area (TPSA) is 124 Å². The van der Waals surface area contributed by atoms with Gasteiger partial charge < -0.3 is 25.5 Å². The van der Waals surface area contributed by atoms with E-state index in [1.54, 1.807) is 24.4 Å². The number of nitrogens with one attached hydrogen (secondary N) is 2. The zero-order valence-corrected chi connectivity index (χ0v) is 18.9. The number of benzene rings is 2. The van der Waals surface area contributed by atoms with Gasteiger partial charge in [-0.2, -0.15) is 0 Å². The Morgan fingerprint density at radius 3 is 2.51 bits per heavy atom. The van der Waals surface area contributed by atoms with E-state index in [-0.39, 0.29) is 17.2 Å². The molecule has 4 N–H and O–H groups in total. The third-order valence-electron chi connectivity index (χ3n) is 6.46. The number of aromatic nitrogens is 4. The molecule has 3 aromatic heterocycles. The van der Waals surface area contributed by atoms with Crippen molar-refractivity contribution in [1.82, 2.24) is 24.8 Å². The standard InChI is InChI=1S/C26H23N7O2/c27-22-17-9-8-16(26(35)33-13-11-32(12-14-33)21-7-3-4-10-28-21)15-20(17)30-23(22)24-25(34)31-19-6-2-1-5-18(19)29-24/h1-10,15,30H,11-14,27H2,(H,31,34). The molecule has 9 heteroatoms. The van der Waals surface area contributed by atoms with Gasteiger partial charge in [0.05, 0.1) is 22.4 Å². The molecule has 0 unspecified atom stereocenters. The van der Waals surface area contributed by atoms with Gasteiger partial charge in [0.25, 0.3) is 11.5 Å². The van der Waals surface area contributed by atoms with Crippen LogP contribution in [0.15, 0.2) is 71.7 Å². The predicted molar refractivity (Wildman–Crippen MR) is 136 cm³/mol. The van der Waals surface area contributed by atoms with E-state index in [0.29, 0.717) is 46.6 Å². The van der Waals surface area contributed by atoms with Crippen molar-refractivity contribution >= 4 is 39.3 Å². The van der Waals surface area contributed by atoms with Gasteiger partial charge >= 0.3 is 0 Å². The number of rotatable bonds is 3. The number of hydrogen-bond acceptors (Lipinski definition) is 6. The van der Waals surface area contributed by atoms with Crippen molar-refractivity contribution in [2.45, 2.75) is 0 Å². The van der Waals surface area contributed by atoms with Crippen molar-refractivity contribution in [3.8, 4) is 11.4 Å². The largest absolute Gasteiger partial charge is 0.396 e. The van der Waals surface area contributed by atoms with Crippen LogP contribution in [0.2, 0.25) is 0 Å². The Labute approximate surface area is 200 Å². The highest BCUT2D eigenvalue weighted by atomic mass is 16.2. The van der Waals surface area contributed by atoms with Crippen LogP contribution in [0.5, 0.6) is 0 Å². The summed E-state index contributed by atoms with van der Waals surface area (Å²) < 4.78 is 0. The molecule has 0 aliphatic carbocycles. The van der Waals surface area contributed by atoms with Gasteiger partial charge in [0.15, 0.2) is 5.69 Å². The Morgan fingerprint density at radius 2 is 1.71 bits per heavy atom. The van der Waals surface area contributed by atoms with Gasteiger partial charge in [-0.25, -0.2) is 9.97 Å². The van der Waals surface area contributed by atoms with Crippen molar-refractivity contribution in [2.24, 2.45) is 0 Å². The molecule has 6 rings (SSSR count). The fraction of sp³-hybridized carbons (Fsp3) is 0.154. The van der Waals surface area contributed by atoms with Crippen LogP contribution in [0.4, 0.5) is 11.5 Å². The van der Waals surface area contributed by atoms with Crippen molar-refractivity contribution in [3.05, 3.63) is 82.8 Å². The molecule has 4 heterocycles. The molecule has 0 bridgehead atoms. The molecular weight excluding hydrogens is 442 g/mol. The second-order valence-corrected chi connectivity index (χ2v) is 8.57. The molecule has 0 spiro atoms. The van der Waals surface area contributed by atoms with Gasteiger partial charge in [-0.05, 0) is 42.5 Å². The van der Waals surface area contributed by atoms with E-state index in [4.69, 9.17) is 5.73 Å². The summed E-state index contributed by atoms with van der Waals surface area (Å²) in [5, 5.41) is 0.742. The fourth-order valence-corrected chi connectivity index (χ4v) is 4.60. The lowest BCUT2D eigenvalue weighted by Crippen LogP contribution is -2.49. The fourth-order valence-electron chi connectivity index (χ4n) is 4.60. The summed E-state index contributed by atoms with van der Waals surface area (Å²) >= 11 is 0. The van der Waals surface area contributed by atoms with Crippen molar-refractivity contribution < 1.29 is 4.79 Å². The van der Waals surface area contributed by atoms with Gasteiger partial charge in [-0.1, -0.05) is 18.2 Å². The first kappa shape index (κ1) is 20.9. The molecule has 2 aromatic carbocycles. The number of carbonyl (C=O) groups is 1. The van der Waals surface area contributed by atoms with E-state index in [0.717, 1.165) is 24.3 Å². The van der Waals surface area contributed by atoms with E-state index in [1.165, 1.54) is 0 Å². The molecule has 1 saturated heterocycles. The third-order valence-corrected chi connectivity index (χ3v) is 6.46. The van der Waals surface area contributed by atoms with Gasteiger partial charge in [0.1, 0.15) is 5.82 Å². The van der Waals surface area contributed by atoms with Crippen molar-refractivity contribution in [3.63, 3.8) is 0 Å². The molecule has 35 heavy (non-hydrogen) atoms. The Morgan fingerprint density at radius 1 is 0.914 bits per heavy atom. The number of hydrogen-bond donors (Lipinski definition) is 3. The lowest BCUT2D eigenvalue weighted by Gasteiger charge is -2.35. The summed E-state index contributed by atoms with van der Waals surface area (Å²) in [6, 6.07) is 18.6. The third kappa shape index (κ3) is 3.67. The molecule has 1 aliphatic heterocycles. The second kappa shape index (κ2) is 8.28. The summed E-state index contributed by atoms with van der Waals surface area (Å²) in [6.07, 6.45) is 1.78. The van der Waals surface area contributed by atoms with E-state index < -0.39 is 0 Å². The number of carbonyl (C=O) groups excluding carboxylic acids is 1. The number of amides is 1. The predicted octanol–water partition coefficient (Wildman–Crippen LogP) is 3.01. The first-order valence-electron chi connectivity index (χ1n) is 11.4. The Hall–Kier alpha value is -4.66. The number of para-hydroxylation sites is 2. The summed E-state index contributed by atoms with van der Waals surface area (Å²) in [7, 11) is 0. The minimum atomic E-state index is -0.330. The maximum Gasteiger partial charge on any atom is 0.276 e. The summed E-state index contributed by atoms with van der Waals surface area (Å²) in [5.41, 5.74) is 9.73. The molecule has 174 valence electrons. The van der Waals surface area contributed by atoms with Crippen LogP contribution in [0.1, 0.15) is 10.4 Å². The van der Waals surface area contributed by atoms with Gasteiger partial charge in [-0.15, -0.1) is 0 Å². The van der Waals surface area contributed by atoms with E-state index >= 15 is 0 Å². The van der Waals surface area contributed by atoms with Crippen LogP contribution in [0.25, 0.3) is 33.3 Å². The van der Waals surface area contributed by atoms with Crippen LogP contribution in [0, 0.1) is 0 Å². The van der Waals surface area contributed by atoms with Gasteiger partial charge in [-0.3, -0.25) is 9.59 Å². The maximum absolute atomic E-state index is 13.2. The quantitative estimate of drug-likeness (QED) is 0.376. The minimum Gasteiger partial charge on any atom is -0.396 e. The minimum absolute atomic E-state index is 0.0380. The molecule has 1 fully saturated rings. The number of nitrogens with two attached hydrogens (primary N) is 1. The van der Waals surface area contributed by atoms with E-state index in [1.807, 2.05) is 47.4 Å². The monoisotopic (exact) mass is 465 g/mol. The number of aromatic amines is 2. The molecular formula is C26H23N7O2. The second-order valence-electron chi connectivity index (χ2n) is 8.57. The Kier molecular flexibility index (Phi) is 4.95. The highest BCUT2D eigenvalue weighted by Gasteiger charge is 2.24. The van der Waals surface area contributed by atoms with Crippen LogP contribution >= 0.6 is 0 Å². The van der Waals surface area contributed by atoms with Crippen molar-refractivity contribution in [1.29, 1.82) is 0 Å². The van der Waals surface area contributed by atoms with Gasteiger partial charge in [0.2, 0.25) is 0 Å². The SMILES string of the molecule is Nc1c(-c2nc3ccccc3[nH]c2=O)[nH]c2cc(C(=O)N3CCN(c4ccccn4)CC3)ccc12. The molecule has 9 nitrogen and oxygen atoms in total. The van der Waals surface area contributed by atoms with Crippen LogP contribution < -0.4 is 16.2 Å². The number of H-pyrrole nitrogens is 2. The smallest absolute Gasteiger partial charge is 0.276 e. The number of fused-ring (bicyclic) bond motifs is 2. The molecule has 5 aromatic rings. The highest BCUT2D eigenvalue weighted by molar-refractivity contribution is 6.04. The number of nitrogen functional groups attached to an aromatic ring is 1. The van der Waals surface area contributed by atoms with E-state index in [2.05, 4.69) is 24.8 Å². The molecule has 1 amide bonds. The average Bonchev–Trinajstić information content (AvgIpc) is 3.23. The zero-order chi connectivity index (χ0) is 23.9. The first-order valence-corrected chi connectivity index (χ1v) is 11.4. The van der Waals surface area contributed by atoms with E-state index in [9.17, 15) is 9.59 Å². The highest BCUT2D eigenvalue weighted by Crippen LogP contribution is 2.31. The normalized spacial score (nSPS) is 14.1. The Balaban J connectivity index is 1.28. The number of pyridine rings is 1. The van der Waals surface area contributed by atoms with Gasteiger partial charge in [0, 0.05) is 48.8 Å². The van der Waals surface area contributed by atoms with Crippen molar-refractivity contribution in [2.75, 3.05) is 36.8 Å². The average molecular weight is 466 g/mol. The summed E-state index contributed by atoms with van der Waals surface area (Å²) in [6.45, 7) is 2.67. The maximum atomic E-state index is 13.2. The zero-order valence-electron chi connectivity index (χ0n) is 18.9. The summed E-state index contributed by atoms with van der Waals surface area (Å²) in [5.74, 6) is 0.886. The number of piperazine rings is 1. The summed E-state index contributed by atoms with van der Waals surface area (Å²) in [4.78, 5) is 45.0. The molecule has 0 saturated carbocycles. The van der Waals surface area contributed by atoms with Crippen LogP contribution in [-0.4, -0.2) is 56.9 Å².